The van der Waals surface area contributed by atoms with Crippen LogP contribution in [-0.2, 0) is 12.1 Å². The van der Waals surface area contributed by atoms with Crippen LogP contribution in [-0.4, -0.2) is 19.9 Å². The number of hydrogen-bond donors (Lipinski definition) is 1. The molecule has 1 N–H and O–H groups in total. The Morgan fingerprint density at radius 3 is 2.71 bits per heavy atom. The molecule has 112 valence electrons. The fraction of sp³-hybridized carbons (Fsp3) is 0.385. The molecule has 0 saturated carbocycles. The molecule has 0 unspecified atom stereocenters. The average Bonchev–Trinajstić information content (AvgIpc) is 2.86. The summed E-state index contributed by atoms with van der Waals surface area (Å²) in [5.41, 5.74) is 1.10. The molecule has 0 atom stereocenters. The van der Waals surface area contributed by atoms with E-state index in [0.717, 1.165) is 5.69 Å². The van der Waals surface area contributed by atoms with E-state index in [9.17, 15) is 10.1 Å². The van der Waals surface area contributed by atoms with E-state index < -0.39 is 4.92 Å². The zero-order valence-electron chi connectivity index (χ0n) is 12.0. The Balaban J connectivity index is 2.08. The van der Waals surface area contributed by atoms with Gasteiger partial charge in [0.15, 0.2) is 0 Å². The third kappa shape index (κ3) is 3.69. The molecule has 8 heteroatoms. The largest absolute Gasteiger partial charge is 0.379 e. The number of nitro benzene ring substituents is 1. The van der Waals surface area contributed by atoms with Gasteiger partial charge >= 0.3 is 0 Å². The van der Waals surface area contributed by atoms with E-state index in [2.05, 4.69) is 15.6 Å². The molecule has 1 aromatic heterocycles. The summed E-state index contributed by atoms with van der Waals surface area (Å²) < 4.78 is 1.77. The number of benzene rings is 1. The minimum absolute atomic E-state index is 0.115. The molecule has 0 radical (unpaired) electrons. The van der Waals surface area contributed by atoms with Gasteiger partial charge in [0.25, 0.3) is 5.69 Å². The molecule has 0 bridgehead atoms. The first-order valence-electron chi connectivity index (χ1n) is 6.37. The molecule has 21 heavy (non-hydrogen) atoms. The molecular weight excluding hydrogens is 294 g/mol. The lowest BCUT2D eigenvalue weighted by molar-refractivity contribution is -0.384. The Bertz CT molecular complexity index is 663. The number of anilines is 1. The maximum Gasteiger partial charge on any atom is 0.289 e. The fourth-order valence-corrected chi connectivity index (χ4v) is 1.85. The first-order chi connectivity index (χ1) is 9.77. The summed E-state index contributed by atoms with van der Waals surface area (Å²) in [5.74, 6) is 0. The van der Waals surface area contributed by atoms with Crippen molar-refractivity contribution in [2.75, 3.05) is 5.32 Å². The van der Waals surface area contributed by atoms with Gasteiger partial charge in [0.05, 0.1) is 23.2 Å². The van der Waals surface area contributed by atoms with E-state index in [1.165, 1.54) is 12.1 Å². The Hall–Kier alpha value is -2.15. The molecule has 1 heterocycles. The van der Waals surface area contributed by atoms with Gasteiger partial charge in [-0.3, -0.25) is 10.1 Å². The second-order valence-corrected chi connectivity index (χ2v) is 6.01. The van der Waals surface area contributed by atoms with Crippen molar-refractivity contribution in [3.8, 4) is 0 Å². The van der Waals surface area contributed by atoms with Crippen molar-refractivity contribution in [2.24, 2.45) is 0 Å². The van der Waals surface area contributed by atoms with Crippen molar-refractivity contribution in [1.29, 1.82) is 0 Å². The first kappa shape index (κ1) is 15.2. The zero-order chi connectivity index (χ0) is 15.6. The van der Waals surface area contributed by atoms with E-state index in [0.29, 0.717) is 12.2 Å². The number of nitro groups is 1. The predicted octanol–water partition coefficient (Wildman–Crippen LogP) is 3.21. The van der Waals surface area contributed by atoms with Crippen LogP contribution in [0.15, 0.2) is 24.4 Å². The van der Waals surface area contributed by atoms with Gasteiger partial charge < -0.3 is 5.32 Å². The highest BCUT2D eigenvalue weighted by molar-refractivity contribution is 6.32. The molecule has 0 amide bonds. The van der Waals surface area contributed by atoms with Crippen LogP contribution >= 0.6 is 11.6 Å². The van der Waals surface area contributed by atoms with Crippen molar-refractivity contribution in [3.05, 3.63) is 45.2 Å². The van der Waals surface area contributed by atoms with E-state index in [1.54, 1.807) is 10.7 Å². The number of nitrogens with one attached hydrogen (secondary N) is 1. The van der Waals surface area contributed by atoms with Gasteiger partial charge in [-0.1, -0.05) is 16.8 Å². The molecule has 7 nitrogen and oxygen atoms in total. The maximum absolute atomic E-state index is 10.8. The van der Waals surface area contributed by atoms with E-state index in [-0.39, 0.29) is 16.2 Å². The first-order valence-corrected chi connectivity index (χ1v) is 6.74. The van der Waals surface area contributed by atoms with Crippen LogP contribution in [0.1, 0.15) is 26.5 Å². The molecule has 0 spiro atoms. The normalized spacial score (nSPS) is 11.4. The second kappa shape index (κ2) is 5.69. The third-order valence-corrected chi connectivity index (χ3v) is 3.16. The SMILES string of the molecule is CC(C)(C)n1cc(CNc2ccc(Cl)c([N+](=O)[O-])c2)nn1. The third-order valence-electron chi connectivity index (χ3n) is 2.84. The Morgan fingerprint density at radius 1 is 1.43 bits per heavy atom. The van der Waals surface area contributed by atoms with Crippen LogP contribution in [0, 0.1) is 10.1 Å². The number of hydrogen-bond acceptors (Lipinski definition) is 5. The lowest BCUT2D eigenvalue weighted by Crippen LogP contribution is -2.22. The fourth-order valence-electron chi connectivity index (χ4n) is 1.66. The van der Waals surface area contributed by atoms with Crippen molar-refractivity contribution >= 4 is 23.0 Å². The number of halogens is 1. The molecule has 0 aliphatic carbocycles. The molecule has 0 aliphatic heterocycles. The lowest BCUT2D eigenvalue weighted by Gasteiger charge is -2.17. The number of aromatic nitrogens is 3. The van der Waals surface area contributed by atoms with Gasteiger partial charge in [-0.05, 0) is 32.9 Å². The molecule has 0 saturated heterocycles. The van der Waals surface area contributed by atoms with Crippen LogP contribution in [0.5, 0.6) is 0 Å². The highest BCUT2D eigenvalue weighted by Gasteiger charge is 2.15. The standard InChI is InChI=1S/C13H16ClN5O2/c1-13(2,3)18-8-10(16-17-18)7-15-9-4-5-11(14)12(6-9)19(20)21/h4-6,8,15H,7H2,1-3H3. The van der Waals surface area contributed by atoms with Crippen molar-refractivity contribution < 1.29 is 4.92 Å². The van der Waals surface area contributed by atoms with Crippen molar-refractivity contribution in [3.63, 3.8) is 0 Å². The summed E-state index contributed by atoms with van der Waals surface area (Å²) in [6.45, 7) is 6.51. The zero-order valence-corrected chi connectivity index (χ0v) is 12.8. The molecular formula is C13H16ClN5O2. The number of nitrogens with zero attached hydrogens (tertiary/aromatic N) is 4. The second-order valence-electron chi connectivity index (χ2n) is 5.60. The summed E-state index contributed by atoms with van der Waals surface area (Å²) in [6.07, 6.45) is 1.84. The van der Waals surface area contributed by atoms with Gasteiger partial charge in [-0.2, -0.15) is 0 Å². The monoisotopic (exact) mass is 309 g/mol. The van der Waals surface area contributed by atoms with Crippen LogP contribution < -0.4 is 5.32 Å². The average molecular weight is 310 g/mol. The van der Waals surface area contributed by atoms with Gasteiger partial charge in [0.1, 0.15) is 10.7 Å². The topological polar surface area (TPSA) is 85.9 Å². The van der Waals surface area contributed by atoms with Crippen LogP contribution in [0.4, 0.5) is 11.4 Å². The van der Waals surface area contributed by atoms with Crippen molar-refractivity contribution in [2.45, 2.75) is 32.9 Å². The predicted molar refractivity (Wildman–Crippen MR) is 80.5 cm³/mol. The molecule has 1 aromatic carbocycles. The Kier molecular flexibility index (Phi) is 4.13. The Labute approximate surface area is 127 Å². The molecule has 2 rings (SSSR count). The van der Waals surface area contributed by atoms with Crippen LogP contribution in [0.3, 0.4) is 0 Å². The maximum atomic E-state index is 10.8. The summed E-state index contributed by atoms with van der Waals surface area (Å²) in [7, 11) is 0. The summed E-state index contributed by atoms with van der Waals surface area (Å²) >= 11 is 5.77. The van der Waals surface area contributed by atoms with Gasteiger partial charge in [-0.15, -0.1) is 5.10 Å². The smallest absolute Gasteiger partial charge is 0.289 e. The van der Waals surface area contributed by atoms with Gasteiger partial charge in [0, 0.05) is 11.8 Å². The van der Waals surface area contributed by atoms with Gasteiger partial charge in [0.2, 0.25) is 0 Å². The summed E-state index contributed by atoms with van der Waals surface area (Å²) in [4.78, 5) is 10.3. The minimum atomic E-state index is -0.511. The van der Waals surface area contributed by atoms with Crippen LogP contribution in [0.2, 0.25) is 5.02 Å². The van der Waals surface area contributed by atoms with Crippen LogP contribution in [0.25, 0.3) is 0 Å². The lowest BCUT2D eigenvalue weighted by atomic mass is 10.1. The highest BCUT2D eigenvalue weighted by Crippen LogP contribution is 2.27. The van der Waals surface area contributed by atoms with E-state index in [1.807, 2.05) is 27.0 Å². The number of rotatable bonds is 4. The molecule has 2 aromatic rings. The highest BCUT2D eigenvalue weighted by atomic mass is 35.5. The summed E-state index contributed by atoms with van der Waals surface area (Å²) in [6, 6.07) is 4.58. The Morgan fingerprint density at radius 2 is 2.14 bits per heavy atom. The summed E-state index contributed by atoms with van der Waals surface area (Å²) in [5, 5.41) is 22.1. The van der Waals surface area contributed by atoms with E-state index in [4.69, 9.17) is 11.6 Å². The quantitative estimate of drug-likeness (QED) is 0.692. The molecule has 0 fully saturated rings. The van der Waals surface area contributed by atoms with E-state index >= 15 is 0 Å². The van der Waals surface area contributed by atoms with Crippen molar-refractivity contribution in [1.82, 2.24) is 15.0 Å². The molecule has 0 aliphatic rings. The van der Waals surface area contributed by atoms with Gasteiger partial charge in [-0.25, -0.2) is 4.68 Å². The minimum Gasteiger partial charge on any atom is -0.379 e.